The molecule has 1 unspecified atom stereocenters. The number of halogens is 1. The summed E-state index contributed by atoms with van der Waals surface area (Å²) in [6, 6.07) is 3.95. The minimum Gasteiger partial charge on any atom is -0.366 e. The molecular weight excluding hydrogens is 236 g/mol. The van der Waals surface area contributed by atoms with Crippen LogP contribution in [0.15, 0.2) is 18.2 Å². The molecule has 1 atom stereocenters. The molecule has 0 saturated heterocycles. The van der Waals surface area contributed by atoms with Crippen LogP contribution in [-0.4, -0.2) is 17.9 Å². The van der Waals surface area contributed by atoms with Crippen LogP contribution in [0.1, 0.15) is 21.5 Å². The number of ether oxygens (including phenoxy) is 1. The Labute approximate surface area is 96.1 Å². The molecule has 86 valence electrons. The monoisotopic (exact) mass is 244 g/mol. The molecule has 1 aromatic carbocycles. The van der Waals surface area contributed by atoms with E-state index in [2.05, 4.69) is 0 Å². The highest BCUT2D eigenvalue weighted by molar-refractivity contribution is 6.21. The minimum atomic E-state index is -1.09. The second kappa shape index (κ2) is 4.91. The lowest BCUT2D eigenvalue weighted by Gasteiger charge is -2.11. The summed E-state index contributed by atoms with van der Waals surface area (Å²) in [4.78, 5) is 21.2. The van der Waals surface area contributed by atoms with Gasteiger partial charge in [-0.05, 0) is 6.07 Å². The molecule has 0 aliphatic heterocycles. The Balaban J connectivity index is 3.46. The number of benzene rings is 1. The SMILES string of the molecule is COC(Cl)c1c(C(N)=O)cccc1[N+](=O)[O-]. The van der Waals surface area contributed by atoms with E-state index in [1.807, 2.05) is 0 Å². The summed E-state index contributed by atoms with van der Waals surface area (Å²) in [6.45, 7) is 0. The van der Waals surface area contributed by atoms with Gasteiger partial charge in [0.2, 0.25) is 5.91 Å². The Bertz CT molecular complexity index is 403. The lowest BCUT2D eigenvalue weighted by molar-refractivity contribution is -0.386. The van der Waals surface area contributed by atoms with Crippen molar-refractivity contribution < 1.29 is 14.5 Å². The van der Waals surface area contributed by atoms with Crippen LogP contribution in [0.5, 0.6) is 0 Å². The number of methoxy groups -OCH3 is 1. The largest absolute Gasteiger partial charge is 0.366 e. The second-order valence-electron chi connectivity index (χ2n) is 2.91. The highest BCUT2D eigenvalue weighted by atomic mass is 35.5. The van der Waals surface area contributed by atoms with Crippen LogP contribution >= 0.6 is 11.6 Å². The molecule has 0 aliphatic carbocycles. The van der Waals surface area contributed by atoms with Crippen molar-refractivity contribution >= 4 is 23.2 Å². The third kappa shape index (κ3) is 2.29. The van der Waals surface area contributed by atoms with Crippen molar-refractivity contribution in [2.24, 2.45) is 5.73 Å². The quantitative estimate of drug-likeness (QED) is 0.494. The fraction of sp³-hybridized carbons (Fsp3) is 0.222. The smallest absolute Gasteiger partial charge is 0.277 e. The molecular formula is C9H9ClN2O4. The molecule has 1 amide bonds. The Morgan fingerprint density at radius 1 is 1.62 bits per heavy atom. The van der Waals surface area contributed by atoms with Gasteiger partial charge in [-0.1, -0.05) is 17.7 Å². The molecule has 0 saturated carbocycles. The van der Waals surface area contributed by atoms with Gasteiger partial charge < -0.3 is 10.5 Å². The predicted octanol–water partition coefficient (Wildman–Crippen LogP) is 1.58. The summed E-state index contributed by atoms with van der Waals surface area (Å²) < 4.78 is 4.77. The van der Waals surface area contributed by atoms with Crippen molar-refractivity contribution in [2.45, 2.75) is 5.56 Å². The van der Waals surface area contributed by atoms with Gasteiger partial charge in [0.15, 0.2) is 5.56 Å². The number of hydrogen-bond donors (Lipinski definition) is 1. The van der Waals surface area contributed by atoms with Crippen LogP contribution < -0.4 is 5.73 Å². The fourth-order valence-corrected chi connectivity index (χ4v) is 1.51. The Morgan fingerprint density at radius 2 is 2.25 bits per heavy atom. The third-order valence-electron chi connectivity index (χ3n) is 1.98. The molecule has 0 aliphatic rings. The summed E-state index contributed by atoms with van der Waals surface area (Å²) in [5, 5.41) is 10.8. The topological polar surface area (TPSA) is 95.5 Å². The van der Waals surface area contributed by atoms with Gasteiger partial charge in [-0.2, -0.15) is 0 Å². The first-order chi connectivity index (χ1) is 7.49. The number of carbonyl (C=O) groups is 1. The third-order valence-corrected chi connectivity index (χ3v) is 2.38. The molecule has 7 heteroatoms. The minimum absolute atomic E-state index is 0.0175. The van der Waals surface area contributed by atoms with Gasteiger partial charge in [0, 0.05) is 13.2 Å². The Kier molecular flexibility index (Phi) is 3.81. The van der Waals surface area contributed by atoms with Crippen LogP contribution in [0.4, 0.5) is 5.69 Å². The molecule has 1 rings (SSSR count). The summed E-state index contributed by atoms with van der Waals surface area (Å²) in [6.07, 6.45) is 0. The van der Waals surface area contributed by atoms with Crippen LogP contribution in [0.25, 0.3) is 0 Å². The van der Waals surface area contributed by atoms with E-state index in [-0.39, 0.29) is 16.8 Å². The molecule has 0 aromatic heterocycles. The van der Waals surface area contributed by atoms with Gasteiger partial charge in [0.25, 0.3) is 5.69 Å². The van der Waals surface area contributed by atoms with E-state index in [1.165, 1.54) is 25.3 Å². The number of nitrogens with two attached hydrogens (primary N) is 1. The van der Waals surface area contributed by atoms with Crippen LogP contribution in [0, 0.1) is 10.1 Å². The molecule has 16 heavy (non-hydrogen) atoms. The number of rotatable bonds is 4. The normalized spacial score (nSPS) is 12.1. The number of nitrogens with zero attached hydrogens (tertiary/aromatic N) is 1. The maximum atomic E-state index is 11.1. The van der Waals surface area contributed by atoms with Crippen molar-refractivity contribution in [3.8, 4) is 0 Å². The summed E-state index contributed by atoms with van der Waals surface area (Å²) in [7, 11) is 1.28. The van der Waals surface area contributed by atoms with E-state index < -0.39 is 16.4 Å². The maximum Gasteiger partial charge on any atom is 0.277 e. The molecule has 0 spiro atoms. The molecule has 0 bridgehead atoms. The number of alkyl halides is 1. The summed E-state index contributed by atoms with van der Waals surface area (Å²) in [5.74, 6) is -0.790. The van der Waals surface area contributed by atoms with Crippen molar-refractivity contribution in [1.82, 2.24) is 0 Å². The average Bonchev–Trinajstić information content (AvgIpc) is 2.26. The van der Waals surface area contributed by atoms with Crippen molar-refractivity contribution in [2.75, 3.05) is 7.11 Å². The van der Waals surface area contributed by atoms with Crippen LogP contribution in [0.3, 0.4) is 0 Å². The molecule has 6 nitrogen and oxygen atoms in total. The average molecular weight is 245 g/mol. The number of nitro benzene ring substituents is 1. The van der Waals surface area contributed by atoms with Gasteiger partial charge in [0.1, 0.15) is 0 Å². The van der Waals surface area contributed by atoms with Crippen molar-refractivity contribution in [3.05, 3.63) is 39.4 Å². The van der Waals surface area contributed by atoms with Gasteiger partial charge in [-0.3, -0.25) is 14.9 Å². The number of amides is 1. The number of carbonyl (C=O) groups excluding carboxylic acids is 1. The first-order valence-electron chi connectivity index (χ1n) is 4.23. The zero-order chi connectivity index (χ0) is 12.3. The standard InChI is InChI=1S/C9H9ClN2O4/c1-16-8(10)7-5(9(11)13)3-2-4-6(7)12(14)15/h2-4,8H,1H3,(H2,11,13). The maximum absolute atomic E-state index is 11.1. The van der Waals surface area contributed by atoms with Crippen LogP contribution in [-0.2, 0) is 4.74 Å². The van der Waals surface area contributed by atoms with Gasteiger partial charge in [-0.25, -0.2) is 0 Å². The van der Waals surface area contributed by atoms with Gasteiger partial charge >= 0.3 is 0 Å². The molecule has 2 N–H and O–H groups in total. The lowest BCUT2D eigenvalue weighted by atomic mass is 10.1. The molecule has 1 aromatic rings. The first kappa shape index (κ1) is 12.4. The number of nitro groups is 1. The highest BCUT2D eigenvalue weighted by Gasteiger charge is 2.25. The zero-order valence-corrected chi connectivity index (χ0v) is 9.10. The summed E-state index contributed by atoms with van der Waals surface area (Å²) in [5.41, 5.74) is 3.67. The van der Waals surface area contributed by atoms with E-state index in [1.54, 1.807) is 0 Å². The lowest BCUT2D eigenvalue weighted by Crippen LogP contribution is -2.16. The molecule has 0 fully saturated rings. The highest BCUT2D eigenvalue weighted by Crippen LogP contribution is 2.32. The van der Waals surface area contributed by atoms with Gasteiger partial charge in [-0.15, -0.1) is 0 Å². The van der Waals surface area contributed by atoms with Crippen molar-refractivity contribution in [1.29, 1.82) is 0 Å². The Morgan fingerprint density at radius 3 is 2.69 bits per heavy atom. The number of primary amides is 1. The summed E-state index contributed by atoms with van der Waals surface area (Å²) >= 11 is 5.75. The van der Waals surface area contributed by atoms with Crippen LogP contribution in [0.2, 0.25) is 0 Å². The van der Waals surface area contributed by atoms with E-state index in [0.717, 1.165) is 0 Å². The van der Waals surface area contributed by atoms with E-state index in [4.69, 9.17) is 22.1 Å². The van der Waals surface area contributed by atoms with E-state index in [9.17, 15) is 14.9 Å². The van der Waals surface area contributed by atoms with E-state index >= 15 is 0 Å². The van der Waals surface area contributed by atoms with Gasteiger partial charge in [0.05, 0.1) is 16.1 Å². The van der Waals surface area contributed by atoms with E-state index in [0.29, 0.717) is 0 Å². The zero-order valence-electron chi connectivity index (χ0n) is 8.34. The van der Waals surface area contributed by atoms with Crippen molar-refractivity contribution in [3.63, 3.8) is 0 Å². The first-order valence-corrected chi connectivity index (χ1v) is 4.66. The Hall–Kier alpha value is -1.66. The predicted molar refractivity (Wildman–Crippen MR) is 57.2 cm³/mol. The fourth-order valence-electron chi connectivity index (χ4n) is 1.28. The molecule has 0 heterocycles. The number of hydrogen-bond acceptors (Lipinski definition) is 4. The second-order valence-corrected chi connectivity index (χ2v) is 3.31. The molecule has 0 radical (unpaired) electrons.